The molecule has 37 heavy (non-hydrogen) atoms. The molecule has 3 aliphatic rings. The van der Waals surface area contributed by atoms with Gasteiger partial charge in [-0.3, -0.25) is 24.4 Å². The molecule has 0 unspecified atom stereocenters. The molecule has 9 nitrogen and oxygen atoms in total. The largest absolute Gasteiger partial charge is 0.383 e. The molecule has 1 saturated carbocycles. The van der Waals surface area contributed by atoms with Crippen LogP contribution < -0.4 is 10.6 Å². The summed E-state index contributed by atoms with van der Waals surface area (Å²) in [6.45, 7) is 9.64. The molecule has 2 heterocycles. The predicted octanol–water partition coefficient (Wildman–Crippen LogP) is 3.08. The van der Waals surface area contributed by atoms with Crippen LogP contribution in [0.25, 0.3) is 0 Å². The number of nitrogens with zero attached hydrogens (tertiary/aromatic N) is 3. The fourth-order valence-corrected chi connectivity index (χ4v) is 5.99. The third-order valence-corrected chi connectivity index (χ3v) is 8.33. The summed E-state index contributed by atoms with van der Waals surface area (Å²) in [5.74, 6) is 0.177. The van der Waals surface area contributed by atoms with Gasteiger partial charge in [-0.1, -0.05) is 6.07 Å². The summed E-state index contributed by atoms with van der Waals surface area (Å²) in [6.07, 6.45) is 5.95. The average molecular weight is 530 g/mol. The van der Waals surface area contributed by atoms with E-state index in [0.29, 0.717) is 24.4 Å². The van der Waals surface area contributed by atoms with Crippen molar-refractivity contribution in [1.82, 2.24) is 15.1 Å². The summed E-state index contributed by atoms with van der Waals surface area (Å²) >= 11 is 1.54. The zero-order valence-corrected chi connectivity index (χ0v) is 22.6. The Kier molecular flexibility index (Phi) is 10.2. The second-order valence-corrected chi connectivity index (χ2v) is 10.7. The maximum atomic E-state index is 13.1. The average Bonchev–Trinajstić information content (AvgIpc) is 3.40. The molecule has 0 radical (unpaired) electrons. The number of methoxy groups -OCH3 is 1. The van der Waals surface area contributed by atoms with Crippen molar-refractivity contribution >= 4 is 36.0 Å². The smallest absolute Gasteiger partial charge is 0.274 e. The van der Waals surface area contributed by atoms with Crippen molar-refractivity contribution in [2.45, 2.75) is 44.2 Å². The Bertz CT molecular complexity index is 991. The molecule has 1 spiro atoms. The molecule has 1 aromatic rings. The zero-order chi connectivity index (χ0) is 26.1. The van der Waals surface area contributed by atoms with Crippen molar-refractivity contribution < 1.29 is 19.1 Å². The number of anilines is 1. The van der Waals surface area contributed by atoms with Gasteiger partial charge in [0.2, 0.25) is 0 Å². The van der Waals surface area contributed by atoms with Crippen LogP contribution in [0.3, 0.4) is 0 Å². The van der Waals surface area contributed by atoms with E-state index in [1.807, 2.05) is 18.2 Å². The van der Waals surface area contributed by atoms with Crippen molar-refractivity contribution in [2.24, 2.45) is 4.99 Å². The number of thioether (sulfide) groups is 1. The summed E-state index contributed by atoms with van der Waals surface area (Å²) in [5, 5.41) is 7.51. The van der Waals surface area contributed by atoms with Gasteiger partial charge in [-0.15, -0.1) is 11.8 Å². The lowest BCUT2D eigenvalue weighted by Gasteiger charge is -2.52. The molecule has 2 N–H and O–H groups in total. The number of nitrogens with one attached hydrogen (secondary N) is 2. The molecule has 0 aromatic heterocycles. The van der Waals surface area contributed by atoms with Crippen LogP contribution in [0.4, 0.5) is 5.69 Å². The van der Waals surface area contributed by atoms with Gasteiger partial charge < -0.3 is 20.1 Å². The van der Waals surface area contributed by atoms with Gasteiger partial charge in [0.25, 0.3) is 11.8 Å². The second kappa shape index (κ2) is 13.5. The van der Waals surface area contributed by atoms with Gasteiger partial charge in [0, 0.05) is 43.6 Å². The van der Waals surface area contributed by atoms with Gasteiger partial charge in [0.15, 0.2) is 0 Å². The van der Waals surface area contributed by atoms with Crippen LogP contribution in [0.15, 0.2) is 34.3 Å². The molecular weight excluding hydrogens is 490 g/mol. The Morgan fingerprint density at radius 3 is 2.76 bits per heavy atom. The van der Waals surface area contributed by atoms with Gasteiger partial charge in [-0.25, -0.2) is 0 Å². The molecule has 3 fully saturated rings. The van der Waals surface area contributed by atoms with Crippen molar-refractivity contribution in [1.29, 1.82) is 0 Å². The minimum atomic E-state index is -0.385. The van der Waals surface area contributed by atoms with E-state index in [-0.39, 0.29) is 23.1 Å². The molecular formula is C27H39N5O4S. The van der Waals surface area contributed by atoms with E-state index in [4.69, 9.17) is 9.47 Å². The van der Waals surface area contributed by atoms with Gasteiger partial charge in [0.05, 0.1) is 31.1 Å². The highest BCUT2D eigenvalue weighted by atomic mass is 32.2. The fourth-order valence-electron chi connectivity index (χ4n) is 5.11. The van der Waals surface area contributed by atoms with E-state index in [0.717, 1.165) is 63.7 Å². The molecule has 202 valence electrons. The highest BCUT2D eigenvalue weighted by molar-refractivity contribution is 8.02. The van der Waals surface area contributed by atoms with E-state index in [1.54, 1.807) is 12.5 Å². The molecule has 1 aromatic carbocycles. The number of ether oxygens (including phenoxy) is 2. The molecule has 2 aliphatic heterocycles. The SMILES string of the molecule is C=N/C(=C\SCN1CCCC1)C(=O)Nc1ccc(CN2CCOCC23CCC3)cc1C(=O)NCCOC. The monoisotopic (exact) mass is 529 g/mol. The molecule has 2 amide bonds. The predicted molar refractivity (Wildman–Crippen MR) is 148 cm³/mol. The molecule has 0 bridgehead atoms. The summed E-state index contributed by atoms with van der Waals surface area (Å²) in [5.41, 5.74) is 2.25. The number of hydrogen-bond donors (Lipinski definition) is 2. The Hall–Kier alpha value is -2.24. The van der Waals surface area contributed by atoms with Crippen molar-refractivity contribution in [3.05, 3.63) is 40.4 Å². The first-order chi connectivity index (χ1) is 18.0. The number of carbonyl (C=O) groups excluding carboxylic acids is 2. The number of rotatable bonds is 12. The summed E-state index contributed by atoms with van der Waals surface area (Å²) in [4.78, 5) is 34.9. The van der Waals surface area contributed by atoms with Crippen LogP contribution in [0.5, 0.6) is 0 Å². The van der Waals surface area contributed by atoms with E-state index in [9.17, 15) is 9.59 Å². The fraction of sp³-hybridized carbons (Fsp3) is 0.593. The molecule has 4 rings (SSSR count). The Balaban J connectivity index is 1.48. The van der Waals surface area contributed by atoms with Crippen molar-refractivity contribution in [2.75, 3.05) is 64.3 Å². The minimum absolute atomic E-state index is 0.119. The highest BCUT2D eigenvalue weighted by Crippen LogP contribution is 2.40. The Morgan fingerprint density at radius 1 is 1.24 bits per heavy atom. The third kappa shape index (κ3) is 7.20. The number of carbonyl (C=O) groups is 2. The van der Waals surface area contributed by atoms with E-state index >= 15 is 0 Å². The van der Waals surface area contributed by atoms with Gasteiger partial charge in [-0.2, -0.15) is 0 Å². The number of amides is 2. The van der Waals surface area contributed by atoms with Gasteiger partial charge >= 0.3 is 0 Å². The topological polar surface area (TPSA) is 95.5 Å². The number of hydrogen-bond acceptors (Lipinski definition) is 8. The first kappa shape index (κ1) is 27.8. The standard InChI is InChI=1S/C27H39N5O4S/c1-28-24(18-37-20-31-11-3-4-12-31)26(34)30-23-7-6-21(16-22(23)25(33)29-10-14-35-2)17-32-13-15-36-19-27(32)8-5-9-27/h6-7,16,18H,1,3-5,8-15,17,19-20H2,2H3,(H,29,33)(H,30,34)/b24-18-. The Labute approximate surface area is 224 Å². The van der Waals surface area contributed by atoms with Crippen LogP contribution in [-0.2, 0) is 20.8 Å². The van der Waals surface area contributed by atoms with Gasteiger partial charge in [0.1, 0.15) is 5.70 Å². The second-order valence-electron chi connectivity index (χ2n) is 9.92. The lowest BCUT2D eigenvalue weighted by molar-refractivity contribution is -0.112. The first-order valence-electron chi connectivity index (χ1n) is 13.1. The van der Waals surface area contributed by atoms with Crippen LogP contribution >= 0.6 is 11.8 Å². The first-order valence-corrected chi connectivity index (χ1v) is 14.1. The van der Waals surface area contributed by atoms with Crippen LogP contribution in [0.2, 0.25) is 0 Å². The number of morpholine rings is 1. The van der Waals surface area contributed by atoms with Crippen LogP contribution in [0.1, 0.15) is 48.0 Å². The molecule has 2 saturated heterocycles. The van der Waals surface area contributed by atoms with E-state index in [2.05, 4.69) is 32.1 Å². The minimum Gasteiger partial charge on any atom is -0.383 e. The lowest BCUT2D eigenvalue weighted by atomic mass is 9.75. The van der Waals surface area contributed by atoms with Crippen molar-refractivity contribution in [3.8, 4) is 0 Å². The summed E-state index contributed by atoms with van der Waals surface area (Å²) < 4.78 is 10.8. The Morgan fingerprint density at radius 2 is 2.05 bits per heavy atom. The highest BCUT2D eigenvalue weighted by Gasteiger charge is 2.44. The molecule has 0 atom stereocenters. The lowest BCUT2D eigenvalue weighted by Crippen LogP contribution is -2.60. The maximum Gasteiger partial charge on any atom is 0.274 e. The van der Waals surface area contributed by atoms with Crippen LogP contribution in [-0.4, -0.2) is 92.9 Å². The van der Waals surface area contributed by atoms with E-state index in [1.165, 1.54) is 31.0 Å². The summed E-state index contributed by atoms with van der Waals surface area (Å²) in [7, 11) is 1.59. The third-order valence-electron chi connectivity index (χ3n) is 7.43. The maximum absolute atomic E-state index is 13.1. The zero-order valence-electron chi connectivity index (χ0n) is 21.8. The van der Waals surface area contributed by atoms with Crippen molar-refractivity contribution in [3.63, 3.8) is 0 Å². The summed E-state index contributed by atoms with van der Waals surface area (Å²) in [6, 6.07) is 5.67. The molecule has 10 heteroatoms. The number of benzene rings is 1. The number of aliphatic imine (C=N–C) groups is 1. The number of likely N-dealkylation sites (tertiary alicyclic amines) is 1. The molecule has 1 aliphatic carbocycles. The van der Waals surface area contributed by atoms with Gasteiger partial charge in [-0.05, 0) is 69.6 Å². The van der Waals surface area contributed by atoms with Crippen LogP contribution in [0, 0.1) is 0 Å². The quantitative estimate of drug-likeness (QED) is 0.244. The van der Waals surface area contributed by atoms with E-state index < -0.39 is 0 Å². The normalized spacial score (nSPS) is 20.0.